The Labute approximate surface area is 68.8 Å². The van der Waals surface area contributed by atoms with Crippen LogP contribution in [-0.2, 0) is 4.74 Å². The molecule has 64 valence electrons. The van der Waals surface area contributed by atoms with Gasteiger partial charge in [-0.2, -0.15) is 0 Å². The van der Waals surface area contributed by atoms with E-state index in [4.69, 9.17) is 4.74 Å². The first kappa shape index (κ1) is 8.60. The largest absolute Gasteiger partial charge is 0.497 e. The predicted octanol–water partition coefficient (Wildman–Crippen LogP) is 1.63. The number of rotatable bonds is 3. The van der Waals surface area contributed by atoms with E-state index < -0.39 is 0 Å². The molecule has 0 aromatic carbocycles. The van der Waals surface area contributed by atoms with Gasteiger partial charge in [-0.15, -0.1) is 0 Å². The first-order valence-corrected chi connectivity index (χ1v) is 4.33. The van der Waals surface area contributed by atoms with Crippen molar-refractivity contribution in [3.63, 3.8) is 0 Å². The van der Waals surface area contributed by atoms with E-state index in [0.717, 1.165) is 25.5 Å². The molecule has 0 unspecified atom stereocenters. The second kappa shape index (κ2) is 4.39. The molecule has 0 amide bonds. The van der Waals surface area contributed by atoms with Crippen LogP contribution in [0.3, 0.4) is 0 Å². The van der Waals surface area contributed by atoms with Crippen molar-refractivity contribution in [3.8, 4) is 0 Å². The van der Waals surface area contributed by atoms with Gasteiger partial charge >= 0.3 is 0 Å². The van der Waals surface area contributed by atoms with E-state index >= 15 is 0 Å². The SMILES string of the molecule is CCN(C)CC1=CCCCO1. The Morgan fingerprint density at radius 3 is 3.00 bits per heavy atom. The topological polar surface area (TPSA) is 12.5 Å². The van der Waals surface area contributed by atoms with Gasteiger partial charge in [0.2, 0.25) is 0 Å². The molecule has 1 aliphatic rings. The lowest BCUT2D eigenvalue weighted by Crippen LogP contribution is -2.22. The number of likely N-dealkylation sites (N-methyl/N-ethyl adjacent to an activating group) is 1. The summed E-state index contributed by atoms with van der Waals surface area (Å²) in [6, 6.07) is 0. The van der Waals surface area contributed by atoms with Crippen molar-refractivity contribution in [1.29, 1.82) is 0 Å². The maximum atomic E-state index is 5.47. The molecule has 1 rings (SSSR count). The van der Waals surface area contributed by atoms with Crippen molar-refractivity contribution in [2.75, 3.05) is 26.7 Å². The van der Waals surface area contributed by atoms with Gasteiger partial charge in [-0.3, -0.25) is 4.90 Å². The average Bonchev–Trinajstić information content (AvgIpc) is 2.06. The maximum Gasteiger partial charge on any atom is 0.106 e. The van der Waals surface area contributed by atoms with Gasteiger partial charge in [0.1, 0.15) is 5.76 Å². The van der Waals surface area contributed by atoms with E-state index in [0.29, 0.717) is 0 Å². The van der Waals surface area contributed by atoms with Crippen LogP contribution >= 0.6 is 0 Å². The van der Waals surface area contributed by atoms with Crippen molar-refractivity contribution >= 4 is 0 Å². The molecule has 0 aromatic rings. The molecule has 0 aliphatic carbocycles. The lowest BCUT2D eigenvalue weighted by atomic mass is 10.2. The first-order chi connectivity index (χ1) is 5.33. The Kier molecular flexibility index (Phi) is 3.43. The second-order valence-electron chi connectivity index (χ2n) is 2.99. The minimum absolute atomic E-state index is 0.906. The Morgan fingerprint density at radius 1 is 1.64 bits per heavy atom. The van der Waals surface area contributed by atoms with Gasteiger partial charge in [-0.25, -0.2) is 0 Å². The molecule has 0 aromatic heterocycles. The molecule has 0 radical (unpaired) electrons. The zero-order valence-electron chi connectivity index (χ0n) is 7.47. The van der Waals surface area contributed by atoms with Crippen LogP contribution in [-0.4, -0.2) is 31.6 Å². The van der Waals surface area contributed by atoms with Gasteiger partial charge in [-0.1, -0.05) is 6.92 Å². The minimum Gasteiger partial charge on any atom is -0.497 e. The molecule has 0 atom stereocenters. The quantitative estimate of drug-likeness (QED) is 0.614. The van der Waals surface area contributed by atoms with Gasteiger partial charge in [0, 0.05) is 0 Å². The van der Waals surface area contributed by atoms with Crippen molar-refractivity contribution in [1.82, 2.24) is 4.90 Å². The lowest BCUT2D eigenvalue weighted by Gasteiger charge is -2.19. The Morgan fingerprint density at radius 2 is 2.45 bits per heavy atom. The average molecular weight is 155 g/mol. The number of hydrogen-bond acceptors (Lipinski definition) is 2. The minimum atomic E-state index is 0.906. The summed E-state index contributed by atoms with van der Waals surface area (Å²) in [5.74, 6) is 1.15. The summed E-state index contributed by atoms with van der Waals surface area (Å²) in [6.07, 6.45) is 4.57. The van der Waals surface area contributed by atoms with Crippen LogP contribution in [0.4, 0.5) is 0 Å². The summed E-state index contributed by atoms with van der Waals surface area (Å²) in [6.45, 7) is 5.12. The molecule has 1 aliphatic heterocycles. The summed E-state index contributed by atoms with van der Waals surface area (Å²) in [7, 11) is 2.11. The summed E-state index contributed by atoms with van der Waals surface area (Å²) >= 11 is 0. The van der Waals surface area contributed by atoms with Crippen LogP contribution in [0.2, 0.25) is 0 Å². The van der Waals surface area contributed by atoms with Gasteiger partial charge < -0.3 is 4.74 Å². The molecule has 2 nitrogen and oxygen atoms in total. The van der Waals surface area contributed by atoms with Crippen LogP contribution in [0.5, 0.6) is 0 Å². The summed E-state index contributed by atoms with van der Waals surface area (Å²) in [4.78, 5) is 2.25. The standard InChI is InChI=1S/C9H17NO/c1-3-10(2)8-9-6-4-5-7-11-9/h6H,3-5,7-8H2,1-2H3. The van der Waals surface area contributed by atoms with Gasteiger partial charge in [0.05, 0.1) is 13.2 Å². The van der Waals surface area contributed by atoms with E-state index in [1.165, 1.54) is 12.8 Å². The van der Waals surface area contributed by atoms with Crippen LogP contribution in [0.15, 0.2) is 11.8 Å². The number of hydrogen-bond donors (Lipinski definition) is 0. The van der Waals surface area contributed by atoms with Gasteiger partial charge in [-0.05, 0) is 32.5 Å². The van der Waals surface area contributed by atoms with E-state index in [-0.39, 0.29) is 0 Å². The molecule has 0 spiro atoms. The predicted molar refractivity (Wildman–Crippen MR) is 46.4 cm³/mol. The fourth-order valence-electron chi connectivity index (χ4n) is 1.10. The molecule has 1 heterocycles. The van der Waals surface area contributed by atoms with Crippen LogP contribution < -0.4 is 0 Å². The highest BCUT2D eigenvalue weighted by Crippen LogP contribution is 2.10. The molecular weight excluding hydrogens is 138 g/mol. The third-order valence-electron chi connectivity index (χ3n) is 1.97. The zero-order chi connectivity index (χ0) is 8.10. The monoisotopic (exact) mass is 155 g/mol. The highest BCUT2D eigenvalue weighted by Gasteiger charge is 2.05. The third-order valence-corrected chi connectivity index (χ3v) is 1.97. The summed E-state index contributed by atoms with van der Waals surface area (Å²) in [5, 5.41) is 0. The van der Waals surface area contributed by atoms with Crippen molar-refractivity contribution in [2.24, 2.45) is 0 Å². The highest BCUT2D eigenvalue weighted by molar-refractivity contribution is 4.97. The normalized spacial score (nSPS) is 17.9. The van der Waals surface area contributed by atoms with Crippen molar-refractivity contribution < 1.29 is 4.74 Å². The zero-order valence-corrected chi connectivity index (χ0v) is 7.47. The first-order valence-electron chi connectivity index (χ1n) is 4.33. The summed E-state index contributed by atoms with van der Waals surface area (Å²) in [5.41, 5.74) is 0. The number of ether oxygens (including phenoxy) is 1. The summed E-state index contributed by atoms with van der Waals surface area (Å²) < 4.78 is 5.47. The smallest absolute Gasteiger partial charge is 0.106 e. The molecule has 0 N–H and O–H groups in total. The van der Waals surface area contributed by atoms with Gasteiger partial charge in [0.15, 0.2) is 0 Å². The Hall–Kier alpha value is -0.500. The molecule has 2 heteroatoms. The van der Waals surface area contributed by atoms with Crippen molar-refractivity contribution in [3.05, 3.63) is 11.8 Å². The van der Waals surface area contributed by atoms with E-state index in [1.54, 1.807) is 0 Å². The highest BCUT2D eigenvalue weighted by atomic mass is 16.5. The van der Waals surface area contributed by atoms with Crippen LogP contribution in [0.1, 0.15) is 19.8 Å². The van der Waals surface area contributed by atoms with Gasteiger partial charge in [0.25, 0.3) is 0 Å². The molecule has 0 saturated carbocycles. The van der Waals surface area contributed by atoms with Crippen molar-refractivity contribution in [2.45, 2.75) is 19.8 Å². The molecule has 0 fully saturated rings. The second-order valence-corrected chi connectivity index (χ2v) is 2.99. The molecule has 0 saturated heterocycles. The number of nitrogens with zero attached hydrogens (tertiary/aromatic N) is 1. The maximum absolute atomic E-state index is 5.47. The lowest BCUT2D eigenvalue weighted by molar-refractivity contribution is 0.165. The van der Waals surface area contributed by atoms with E-state index in [9.17, 15) is 0 Å². The van der Waals surface area contributed by atoms with Crippen LogP contribution in [0, 0.1) is 0 Å². The van der Waals surface area contributed by atoms with Crippen LogP contribution in [0.25, 0.3) is 0 Å². The van der Waals surface area contributed by atoms with E-state index in [2.05, 4.69) is 24.9 Å². The fraction of sp³-hybridized carbons (Fsp3) is 0.778. The number of allylic oxidation sites excluding steroid dienone is 1. The Bertz CT molecular complexity index is 142. The molecule has 11 heavy (non-hydrogen) atoms. The Balaban J connectivity index is 2.29. The van der Waals surface area contributed by atoms with E-state index in [1.807, 2.05) is 0 Å². The molecular formula is C9H17NO. The molecule has 0 bridgehead atoms. The fourth-order valence-corrected chi connectivity index (χ4v) is 1.10. The third kappa shape index (κ3) is 2.93.